The van der Waals surface area contributed by atoms with Crippen LogP contribution in [0.25, 0.3) is 22.0 Å². The third-order valence-corrected chi connectivity index (χ3v) is 6.62. The molecule has 0 bridgehead atoms. The Kier molecular flexibility index (Phi) is 5.80. The molecule has 4 aromatic rings. The van der Waals surface area contributed by atoms with Crippen molar-refractivity contribution in [3.63, 3.8) is 0 Å². The van der Waals surface area contributed by atoms with Crippen LogP contribution in [-0.2, 0) is 12.3 Å². The third-order valence-electron chi connectivity index (χ3n) is 4.35. The number of aryl methyl sites for hydroxylation is 1. The van der Waals surface area contributed by atoms with Gasteiger partial charge in [-0.1, -0.05) is 65.3 Å². The van der Waals surface area contributed by atoms with Crippen LogP contribution in [-0.4, -0.2) is 19.7 Å². The number of hydrogen-bond acceptors (Lipinski definition) is 5. The van der Waals surface area contributed by atoms with Crippen molar-refractivity contribution in [1.29, 1.82) is 0 Å². The van der Waals surface area contributed by atoms with Gasteiger partial charge in [0, 0.05) is 28.8 Å². The molecule has 0 amide bonds. The number of aromatic nitrogens is 4. The van der Waals surface area contributed by atoms with Gasteiger partial charge in [0.2, 0.25) is 0 Å². The molecule has 0 aliphatic heterocycles. The maximum absolute atomic E-state index is 6.34. The van der Waals surface area contributed by atoms with Crippen molar-refractivity contribution in [3.05, 3.63) is 70.2 Å². The molecule has 28 heavy (non-hydrogen) atoms. The van der Waals surface area contributed by atoms with E-state index in [0.717, 1.165) is 45.1 Å². The van der Waals surface area contributed by atoms with Gasteiger partial charge in [-0.15, -0.1) is 21.5 Å². The summed E-state index contributed by atoms with van der Waals surface area (Å²) < 4.78 is 2.10. The second kappa shape index (κ2) is 8.47. The molecule has 0 saturated carbocycles. The zero-order valence-corrected chi connectivity index (χ0v) is 18.0. The maximum atomic E-state index is 6.34. The first-order valence-electron chi connectivity index (χ1n) is 8.98. The monoisotopic (exact) mass is 426 g/mol. The predicted molar refractivity (Wildman–Crippen MR) is 118 cm³/mol. The van der Waals surface area contributed by atoms with Gasteiger partial charge in [-0.3, -0.25) is 0 Å². The van der Waals surface area contributed by atoms with E-state index in [2.05, 4.69) is 58.3 Å². The van der Waals surface area contributed by atoms with Crippen molar-refractivity contribution in [3.8, 4) is 22.0 Å². The highest BCUT2D eigenvalue weighted by molar-refractivity contribution is 7.98. The summed E-state index contributed by atoms with van der Waals surface area (Å²) in [7, 11) is 0. The fraction of sp³-hybridized carbons (Fsp3) is 0.190. The Morgan fingerprint density at radius 2 is 1.86 bits per heavy atom. The van der Waals surface area contributed by atoms with Crippen molar-refractivity contribution >= 4 is 34.7 Å². The summed E-state index contributed by atoms with van der Waals surface area (Å²) in [5.74, 6) is 1.55. The van der Waals surface area contributed by atoms with Gasteiger partial charge in [0.25, 0.3) is 0 Å². The highest BCUT2D eigenvalue weighted by Crippen LogP contribution is 2.31. The lowest BCUT2D eigenvalue weighted by Crippen LogP contribution is -2.00. The van der Waals surface area contributed by atoms with Crippen molar-refractivity contribution in [2.24, 2.45) is 0 Å². The molecule has 0 aliphatic carbocycles. The Morgan fingerprint density at radius 3 is 2.61 bits per heavy atom. The molecular formula is C21H19ClN4S2. The summed E-state index contributed by atoms with van der Waals surface area (Å²) in [6, 6.07) is 16.2. The molecule has 2 heterocycles. The van der Waals surface area contributed by atoms with Gasteiger partial charge >= 0.3 is 0 Å². The molecule has 0 N–H and O–H groups in total. The van der Waals surface area contributed by atoms with Gasteiger partial charge in [0.1, 0.15) is 5.01 Å². The molecule has 0 aliphatic rings. The number of nitrogens with zero attached hydrogens (tertiary/aromatic N) is 4. The zero-order chi connectivity index (χ0) is 19.5. The fourth-order valence-corrected chi connectivity index (χ4v) is 4.91. The molecule has 2 aromatic heterocycles. The van der Waals surface area contributed by atoms with E-state index in [4.69, 9.17) is 16.6 Å². The average molecular weight is 427 g/mol. The van der Waals surface area contributed by atoms with E-state index in [9.17, 15) is 0 Å². The van der Waals surface area contributed by atoms with Crippen LogP contribution in [0, 0.1) is 6.92 Å². The number of thioether (sulfide) groups is 1. The Hall–Kier alpha value is -2.15. The van der Waals surface area contributed by atoms with Crippen molar-refractivity contribution < 1.29 is 0 Å². The standard InChI is InChI=1S/C21H19ClN4S2/c1-3-26-19(17-6-4-5-7-18(17)22)24-25-21(26)28-13-16-12-27-20(23-16)15-10-8-14(2)9-11-15/h4-12H,3,13H2,1-2H3. The molecule has 7 heteroatoms. The molecule has 0 saturated heterocycles. The number of benzene rings is 2. The predicted octanol–water partition coefficient (Wildman–Crippen LogP) is 6.34. The lowest BCUT2D eigenvalue weighted by atomic mass is 10.2. The van der Waals surface area contributed by atoms with Crippen LogP contribution in [0.1, 0.15) is 18.2 Å². The number of hydrogen-bond donors (Lipinski definition) is 0. The molecule has 0 fully saturated rings. The molecule has 4 rings (SSSR count). The van der Waals surface area contributed by atoms with Crippen LogP contribution in [0.3, 0.4) is 0 Å². The number of thiazole rings is 1. The van der Waals surface area contributed by atoms with E-state index < -0.39 is 0 Å². The van der Waals surface area contributed by atoms with Gasteiger partial charge in [-0.25, -0.2) is 4.98 Å². The third kappa shape index (κ3) is 3.99. The minimum atomic E-state index is 0.684. The Balaban J connectivity index is 1.52. The maximum Gasteiger partial charge on any atom is 0.191 e. The molecule has 2 aromatic carbocycles. The topological polar surface area (TPSA) is 43.6 Å². The van der Waals surface area contributed by atoms with Crippen LogP contribution in [0.2, 0.25) is 5.02 Å². The summed E-state index contributed by atoms with van der Waals surface area (Å²) in [6.07, 6.45) is 0. The highest BCUT2D eigenvalue weighted by atomic mass is 35.5. The molecule has 0 spiro atoms. The SMILES string of the molecule is CCn1c(SCc2csc(-c3ccc(C)cc3)n2)nnc1-c1ccccc1Cl. The first kappa shape index (κ1) is 19.2. The van der Waals surface area contributed by atoms with Gasteiger partial charge in [0.05, 0.1) is 10.7 Å². The second-order valence-corrected chi connectivity index (χ2v) is 8.54. The van der Waals surface area contributed by atoms with Crippen LogP contribution in [0.4, 0.5) is 0 Å². The van der Waals surface area contributed by atoms with Gasteiger partial charge < -0.3 is 4.57 Å². The van der Waals surface area contributed by atoms with Gasteiger partial charge in [0.15, 0.2) is 11.0 Å². The molecular weight excluding hydrogens is 408 g/mol. The molecule has 142 valence electrons. The highest BCUT2D eigenvalue weighted by Gasteiger charge is 2.16. The van der Waals surface area contributed by atoms with E-state index in [1.54, 1.807) is 23.1 Å². The number of rotatable bonds is 6. The fourth-order valence-electron chi connectivity index (χ4n) is 2.86. The summed E-state index contributed by atoms with van der Waals surface area (Å²) in [5.41, 5.74) is 4.37. The lowest BCUT2D eigenvalue weighted by molar-refractivity contribution is 0.687. The smallest absolute Gasteiger partial charge is 0.191 e. The lowest BCUT2D eigenvalue weighted by Gasteiger charge is -2.08. The first-order valence-corrected chi connectivity index (χ1v) is 11.2. The van der Waals surface area contributed by atoms with Crippen molar-refractivity contribution in [2.45, 2.75) is 31.3 Å². The molecule has 0 atom stereocenters. The molecule has 4 nitrogen and oxygen atoms in total. The number of halogens is 1. The summed E-state index contributed by atoms with van der Waals surface area (Å²) in [4.78, 5) is 4.78. The Morgan fingerprint density at radius 1 is 1.07 bits per heavy atom. The summed E-state index contributed by atoms with van der Waals surface area (Å²) in [6.45, 7) is 4.96. The van der Waals surface area contributed by atoms with Gasteiger partial charge in [-0.05, 0) is 26.0 Å². The molecule has 0 radical (unpaired) electrons. The van der Waals surface area contributed by atoms with E-state index in [1.165, 1.54) is 5.56 Å². The van der Waals surface area contributed by atoms with E-state index in [0.29, 0.717) is 5.02 Å². The Labute approximate surface area is 177 Å². The largest absolute Gasteiger partial charge is 0.302 e. The second-order valence-electron chi connectivity index (χ2n) is 6.33. The minimum Gasteiger partial charge on any atom is -0.302 e. The van der Waals surface area contributed by atoms with Crippen LogP contribution in [0.5, 0.6) is 0 Å². The van der Waals surface area contributed by atoms with Crippen molar-refractivity contribution in [2.75, 3.05) is 0 Å². The van der Waals surface area contributed by atoms with E-state index in [1.807, 2.05) is 24.3 Å². The summed E-state index contributed by atoms with van der Waals surface area (Å²) >= 11 is 9.66. The van der Waals surface area contributed by atoms with E-state index >= 15 is 0 Å². The Bertz CT molecular complexity index is 1090. The first-order chi connectivity index (χ1) is 13.7. The summed E-state index contributed by atoms with van der Waals surface area (Å²) in [5, 5.41) is 13.5. The van der Waals surface area contributed by atoms with Crippen LogP contribution < -0.4 is 0 Å². The quantitative estimate of drug-likeness (QED) is 0.337. The van der Waals surface area contributed by atoms with Crippen molar-refractivity contribution in [1.82, 2.24) is 19.7 Å². The molecule has 0 unspecified atom stereocenters. The average Bonchev–Trinajstić information content (AvgIpc) is 3.34. The van der Waals surface area contributed by atoms with Crippen LogP contribution in [0.15, 0.2) is 59.1 Å². The van der Waals surface area contributed by atoms with Crippen LogP contribution >= 0.6 is 34.7 Å². The zero-order valence-electron chi connectivity index (χ0n) is 15.6. The minimum absolute atomic E-state index is 0.684. The van der Waals surface area contributed by atoms with Gasteiger partial charge in [-0.2, -0.15) is 0 Å². The van der Waals surface area contributed by atoms with E-state index in [-0.39, 0.29) is 0 Å². The normalized spacial score (nSPS) is 11.1.